The molecule has 0 atom stereocenters. The summed E-state index contributed by atoms with van der Waals surface area (Å²) in [5, 5.41) is 39.7. The summed E-state index contributed by atoms with van der Waals surface area (Å²) in [5.41, 5.74) is 0.473. The zero-order valence-corrected chi connectivity index (χ0v) is 10.6. The zero-order chi connectivity index (χ0) is 15.3. The number of aliphatic carboxylic acids is 1. The van der Waals surface area contributed by atoms with E-state index in [1.54, 1.807) is 0 Å². The molecule has 0 radical (unpaired) electrons. The summed E-state index contributed by atoms with van der Waals surface area (Å²) >= 11 is 0. The summed E-state index contributed by atoms with van der Waals surface area (Å²) in [6, 6.07) is 1.16. The zero-order valence-electron chi connectivity index (χ0n) is 10.6. The number of aryl methyl sites for hydroxylation is 1. The second-order valence-corrected chi connectivity index (χ2v) is 4.05. The summed E-state index contributed by atoms with van der Waals surface area (Å²) < 4.78 is 0. The number of phenols is 3. The van der Waals surface area contributed by atoms with E-state index >= 15 is 0 Å². The molecule has 0 aliphatic heterocycles. The lowest BCUT2D eigenvalue weighted by atomic mass is 10.0. The Kier molecular flexibility index (Phi) is 4.96. The first-order chi connectivity index (χ1) is 9.36. The molecular formula is C13H15NO6. The van der Waals surface area contributed by atoms with Crippen molar-refractivity contribution in [3.8, 4) is 17.2 Å². The molecular weight excluding hydrogens is 266 g/mol. The van der Waals surface area contributed by atoms with E-state index in [-0.39, 0.29) is 24.9 Å². The molecule has 0 bridgehead atoms. The molecule has 0 saturated heterocycles. The van der Waals surface area contributed by atoms with Crippen LogP contribution in [0.1, 0.15) is 17.5 Å². The number of amides is 1. The fourth-order valence-electron chi connectivity index (χ4n) is 1.65. The minimum Gasteiger partial charge on any atom is -0.504 e. The van der Waals surface area contributed by atoms with E-state index in [0.717, 1.165) is 12.1 Å². The molecule has 1 amide bonds. The van der Waals surface area contributed by atoms with Gasteiger partial charge in [0, 0.05) is 18.5 Å². The van der Waals surface area contributed by atoms with E-state index in [1.807, 2.05) is 0 Å². The Labute approximate surface area is 114 Å². The second-order valence-electron chi connectivity index (χ2n) is 4.05. The molecule has 0 aliphatic carbocycles. The Morgan fingerprint density at radius 1 is 1.25 bits per heavy atom. The lowest BCUT2D eigenvalue weighted by Gasteiger charge is -2.14. The lowest BCUT2D eigenvalue weighted by Crippen LogP contribution is -2.21. The fraction of sp³-hybridized carbons (Fsp3) is 0.231. The second kappa shape index (κ2) is 6.46. The minimum absolute atomic E-state index is 0.0377. The van der Waals surface area contributed by atoms with Crippen LogP contribution in [0.4, 0.5) is 0 Å². The van der Waals surface area contributed by atoms with Gasteiger partial charge in [-0.05, 0) is 24.1 Å². The third kappa shape index (κ3) is 3.64. The Balaban J connectivity index is 3.09. The maximum atomic E-state index is 11.1. The van der Waals surface area contributed by atoms with E-state index in [1.165, 1.54) is 0 Å². The Bertz CT molecular complexity index is 552. The molecule has 0 aliphatic rings. The van der Waals surface area contributed by atoms with Crippen LogP contribution in [-0.4, -0.2) is 32.3 Å². The third-order valence-corrected chi connectivity index (χ3v) is 2.68. The molecule has 7 heteroatoms. The number of carbonyl (C=O) groups excluding carboxylic acids is 1. The van der Waals surface area contributed by atoms with Gasteiger partial charge in [-0.1, -0.05) is 6.58 Å². The molecule has 7 nitrogen and oxygen atoms in total. The summed E-state index contributed by atoms with van der Waals surface area (Å²) in [6.07, 6.45) is 0.857. The smallest absolute Gasteiger partial charge is 0.303 e. The van der Waals surface area contributed by atoms with Gasteiger partial charge in [0.15, 0.2) is 11.5 Å². The predicted octanol–water partition coefficient (Wildman–Crippen LogP) is 0.623. The highest BCUT2D eigenvalue weighted by atomic mass is 16.4. The normalized spacial score (nSPS) is 10.0. The molecule has 0 aromatic heterocycles. The van der Waals surface area contributed by atoms with Crippen LogP contribution in [-0.2, 0) is 22.6 Å². The highest BCUT2D eigenvalue weighted by Gasteiger charge is 2.17. The largest absolute Gasteiger partial charge is 0.504 e. The van der Waals surface area contributed by atoms with Crippen LogP contribution in [0, 0.1) is 0 Å². The lowest BCUT2D eigenvalue weighted by molar-refractivity contribution is -0.137. The first kappa shape index (κ1) is 15.4. The van der Waals surface area contributed by atoms with Gasteiger partial charge in [0.05, 0.1) is 0 Å². The van der Waals surface area contributed by atoms with Gasteiger partial charge in [-0.25, -0.2) is 0 Å². The van der Waals surface area contributed by atoms with Crippen LogP contribution in [0.3, 0.4) is 0 Å². The molecule has 108 valence electrons. The maximum Gasteiger partial charge on any atom is 0.303 e. The minimum atomic E-state index is -1.04. The van der Waals surface area contributed by atoms with Crippen molar-refractivity contribution in [2.75, 3.05) is 0 Å². The molecule has 1 rings (SSSR count). The van der Waals surface area contributed by atoms with Crippen molar-refractivity contribution in [2.24, 2.45) is 0 Å². The average molecular weight is 281 g/mol. The third-order valence-electron chi connectivity index (χ3n) is 2.68. The predicted molar refractivity (Wildman–Crippen MR) is 69.4 cm³/mol. The van der Waals surface area contributed by atoms with Crippen molar-refractivity contribution in [1.29, 1.82) is 0 Å². The van der Waals surface area contributed by atoms with E-state index in [2.05, 4.69) is 11.9 Å². The first-order valence-corrected chi connectivity index (χ1v) is 5.74. The van der Waals surface area contributed by atoms with Crippen LogP contribution in [0.25, 0.3) is 0 Å². The van der Waals surface area contributed by atoms with Gasteiger partial charge in [-0.2, -0.15) is 0 Å². The van der Waals surface area contributed by atoms with Crippen LogP contribution in [0.2, 0.25) is 0 Å². The number of phenolic OH excluding ortho intramolecular Hbond substituents is 3. The number of nitrogens with one attached hydrogen (secondary N) is 1. The summed E-state index contributed by atoms with van der Waals surface area (Å²) in [6.45, 7) is 3.14. The number of hydrogen-bond acceptors (Lipinski definition) is 5. The molecule has 0 heterocycles. The number of benzene rings is 1. The molecule has 1 aromatic carbocycles. The van der Waals surface area contributed by atoms with Crippen molar-refractivity contribution >= 4 is 11.9 Å². The number of hydrogen-bond donors (Lipinski definition) is 5. The van der Waals surface area contributed by atoms with Crippen molar-refractivity contribution in [3.05, 3.63) is 29.8 Å². The molecule has 0 saturated carbocycles. The average Bonchev–Trinajstić information content (AvgIpc) is 2.41. The monoisotopic (exact) mass is 281 g/mol. The van der Waals surface area contributed by atoms with E-state index in [9.17, 15) is 24.9 Å². The summed E-state index contributed by atoms with van der Waals surface area (Å²) in [4.78, 5) is 21.7. The first-order valence-electron chi connectivity index (χ1n) is 5.74. The number of carboxylic acid groups (broad SMARTS) is 1. The van der Waals surface area contributed by atoms with Crippen molar-refractivity contribution < 1.29 is 30.0 Å². The molecule has 20 heavy (non-hydrogen) atoms. The van der Waals surface area contributed by atoms with Gasteiger partial charge < -0.3 is 25.7 Å². The van der Waals surface area contributed by atoms with E-state index in [4.69, 9.17) is 5.11 Å². The Morgan fingerprint density at radius 3 is 2.45 bits per heavy atom. The highest BCUT2D eigenvalue weighted by molar-refractivity contribution is 5.86. The van der Waals surface area contributed by atoms with Gasteiger partial charge in [-0.15, -0.1) is 0 Å². The van der Waals surface area contributed by atoms with Gasteiger partial charge >= 0.3 is 5.97 Å². The fourth-order valence-corrected chi connectivity index (χ4v) is 1.65. The van der Waals surface area contributed by atoms with Gasteiger partial charge in [0.25, 0.3) is 0 Å². The van der Waals surface area contributed by atoms with E-state index < -0.39 is 29.1 Å². The van der Waals surface area contributed by atoms with Crippen LogP contribution >= 0.6 is 0 Å². The molecule has 0 fully saturated rings. The molecule has 0 unspecified atom stereocenters. The van der Waals surface area contributed by atoms with Crippen LogP contribution in [0.5, 0.6) is 17.2 Å². The number of carboxylic acids is 1. The van der Waals surface area contributed by atoms with Gasteiger partial charge in [-0.3, -0.25) is 9.59 Å². The van der Waals surface area contributed by atoms with Gasteiger partial charge in [0.1, 0.15) is 0 Å². The van der Waals surface area contributed by atoms with Crippen molar-refractivity contribution in [2.45, 2.75) is 19.4 Å². The Morgan fingerprint density at radius 2 is 1.90 bits per heavy atom. The number of rotatable bonds is 6. The van der Waals surface area contributed by atoms with Crippen molar-refractivity contribution in [3.63, 3.8) is 0 Å². The molecule has 1 aromatic rings. The van der Waals surface area contributed by atoms with E-state index in [0.29, 0.717) is 5.56 Å². The quantitative estimate of drug-likeness (QED) is 0.384. The highest BCUT2D eigenvalue weighted by Crippen LogP contribution is 2.39. The molecule has 5 N–H and O–H groups in total. The topological polar surface area (TPSA) is 127 Å². The van der Waals surface area contributed by atoms with Crippen LogP contribution in [0.15, 0.2) is 18.7 Å². The number of aromatic hydroxyl groups is 3. The van der Waals surface area contributed by atoms with Gasteiger partial charge in [0.2, 0.25) is 11.7 Å². The van der Waals surface area contributed by atoms with Crippen molar-refractivity contribution in [1.82, 2.24) is 5.32 Å². The van der Waals surface area contributed by atoms with Crippen LogP contribution < -0.4 is 5.32 Å². The standard InChI is InChI=1S/C13H15NO6/c1-2-10(16)14-6-8-7(3-4-11(17)18)5-9(15)13(20)12(8)19/h2,5,15,19-20H,1,3-4,6H2,(H,14,16)(H,17,18). The summed E-state index contributed by atoms with van der Waals surface area (Å²) in [7, 11) is 0. The number of carbonyl (C=O) groups is 2. The SMILES string of the molecule is C=CC(=O)NCc1c(CCC(=O)O)cc(O)c(O)c1O. The maximum absolute atomic E-state index is 11.1. The summed E-state index contributed by atoms with van der Waals surface area (Å²) in [5.74, 6) is -3.39. The Hall–Kier alpha value is -2.70. The molecule has 0 spiro atoms.